The summed E-state index contributed by atoms with van der Waals surface area (Å²) in [6, 6.07) is 12.7. The van der Waals surface area contributed by atoms with Crippen LogP contribution in [0.3, 0.4) is 0 Å². The van der Waals surface area contributed by atoms with Crippen molar-refractivity contribution in [3.63, 3.8) is 0 Å². The van der Waals surface area contributed by atoms with Crippen molar-refractivity contribution in [1.82, 2.24) is 5.32 Å². The molecule has 0 aliphatic rings. The van der Waals surface area contributed by atoms with Gasteiger partial charge in [0.05, 0.1) is 19.6 Å². The molecule has 2 rings (SSSR count). The number of nitrogens with one attached hydrogen (secondary N) is 1. The summed E-state index contributed by atoms with van der Waals surface area (Å²) in [6.07, 6.45) is -0.234. The molecule has 5 nitrogen and oxygen atoms in total. The van der Waals surface area contributed by atoms with Crippen LogP contribution in [0.1, 0.15) is 28.4 Å². The molecule has 0 radical (unpaired) electrons. The topological polar surface area (TPSA) is 75.6 Å². The number of carboxylic acids is 1. The third-order valence-electron chi connectivity index (χ3n) is 3.29. The monoisotopic (exact) mass is 333 g/mol. The van der Waals surface area contributed by atoms with Crippen LogP contribution in [-0.4, -0.2) is 24.1 Å². The van der Waals surface area contributed by atoms with E-state index < -0.39 is 12.0 Å². The van der Waals surface area contributed by atoms with Crippen LogP contribution in [0.2, 0.25) is 5.02 Å². The smallest absolute Gasteiger partial charge is 0.305 e. The maximum Gasteiger partial charge on any atom is 0.305 e. The van der Waals surface area contributed by atoms with E-state index >= 15 is 0 Å². The number of hydrogen-bond acceptors (Lipinski definition) is 3. The van der Waals surface area contributed by atoms with Crippen LogP contribution in [0.4, 0.5) is 0 Å². The zero-order valence-electron chi connectivity index (χ0n) is 12.5. The maximum atomic E-state index is 12.3. The molecular weight excluding hydrogens is 318 g/mol. The number of amides is 1. The third-order valence-corrected chi connectivity index (χ3v) is 3.52. The Labute approximate surface area is 138 Å². The molecule has 2 aromatic carbocycles. The maximum absolute atomic E-state index is 12.3. The van der Waals surface area contributed by atoms with Gasteiger partial charge in [-0.2, -0.15) is 0 Å². The first-order valence-corrected chi connectivity index (χ1v) is 7.29. The molecule has 0 bridgehead atoms. The van der Waals surface area contributed by atoms with Gasteiger partial charge in [-0.25, -0.2) is 0 Å². The van der Waals surface area contributed by atoms with Crippen LogP contribution >= 0.6 is 11.6 Å². The van der Waals surface area contributed by atoms with E-state index in [0.29, 0.717) is 21.9 Å². The average molecular weight is 334 g/mol. The second-order valence-electron chi connectivity index (χ2n) is 4.91. The minimum Gasteiger partial charge on any atom is -0.497 e. The number of ether oxygens (including phenoxy) is 1. The summed E-state index contributed by atoms with van der Waals surface area (Å²) in [5.74, 6) is -0.734. The molecule has 0 spiro atoms. The Morgan fingerprint density at radius 1 is 1.22 bits per heavy atom. The first-order chi connectivity index (χ1) is 11.0. The van der Waals surface area contributed by atoms with Crippen molar-refractivity contribution in [3.05, 3.63) is 64.7 Å². The van der Waals surface area contributed by atoms with Gasteiger partial charge in [0.1, 0.15) is 5.75 Å². The van der Waals surface area contributed by atoms with Gasteiger partial charge in [0, 0.05) is 10.6 Å². The summed E-state index contributed by atoms with van der Waals surface area (Å²) >= 11 is 5.94. The highest BCUT2D eigenvalue weighted by Gasteiger charge is 2.19. The summed E-state index contributed by atoms with van der Waals surface area (Å²) in [5.41, 5.74) is 1.06. The van der Waals surface area contributed by atoms with Gasteiger partial charge in [-0.3, -0.25) is 9.59 Å². The van der Waals surface area contributed by atoms with E-state index in [-0.39, 0.29) is 12.3 Å². The molecule has 1 atom stereocenters. The number of benzene rings is 2. The largest absolute Gasteiger partial charge is 0.497 e. The van der Waals surface area contributed by atoms with E-state index in [0.717, 1.165) is 0 Å². The Morgan fingerprint density at radius 2 is 1.91 bits per heavy atom. The van der Waals surface area contributed by atoms with Crippen molar-refractivity contribution in [3.8, 4) is 5.75 Å². The van der Waals surface area contributed by atoms with Crippen LogP contribution in [0.5, 0.6) is 5.75 Å². The number of rotatable bonds is 6. The quantitative estimate of drug-likeness (QED) is 0.850. The minimum absolute atomic E-state index is 0.234. The molecule has 0 aliphatic carbocycles. The molecule has 0 fully saturated rings. The number of halogens is 1. The SMILES string of the molecule is COc1ccc(C(=O)N[C@H](CC(=O)O)c2cccc(Cl)c2)cc1. The van der Waals surface area contributed by atoms with E-state index in [1.807, 2.05) is 0 Å². The Balaban J connectivity index is 2.19. The average Bonchev–Trinajstić information content (AvgIpc) is 2.54. The van der Waals surface area contributed by atoms with E-state index in [1.165, 1.54) is 7.11 Å². The number of methoxy groups -OCH3 is 1. The Bertz CT molecular complexity index is 700. The molecular formula is C17H16ClNO4. The predicted octanol–water partition coefficient (Wildman–Crippen LogP) is 3.29. The Morgan fingerprint density at radius 3 is 2.48 bits per heavy atom. The standard InChI is InChI=1S/C17H16ClNO4/c1-23-14-7-5-11(6-8-14)17(22)19-15(10-16(20)21)12-3-2-4-13(18)9-12/h2-9,15H,10H2,1H3,(H,19,22)(H,20,21)/t15-/m1/s1. The number of hydrogen-bond donors (Lipinski definition) is 2. The van der Waals surface area contributed by atoms with Crippen molar-refractivity contribution in [1.29, 1.82) is 0 Å². The normalized spacial score (nSPS) is 11.6. The van der Waals surface area contributed by atoms with Gasteiger partial charge in [-0.1, -0.05) is 23.7 Å². The van der Waals surface area contributed by atoms with Crippen LogP contribution in [-0.2, 0) is 4.79 Å². The van der Waals surface area contributed by atoms with Crippen molar-refractivity contribution in [2.75, 3.05) is 7.11 Å². The molecule has 23 heavy (non-hydrogen) atoms. The van der Waals surface area contributed by atoms with Crippen LogP contribution in [0, 0.1) is 0 Å². The van der Waals surface area contributed by atoms with Crippen molar-refractivity contribution in [2.24, 2.45) is 0 Å². The second kappa shape index (κ2) is 7.65. The predicted molar refractivity (Wildman–Crippen MR) is 86.9 cm³/mol. The zero-order valence-corrected chi connectivity index (χ0v) is 13.2. The Hall–Kier alpha value is -2.53. The molecule has 0 aromatic heterocycles. The molecule has 0 saturated heterocycles. The first-order valence-electron chi connectivity index (χ1n) is 6.92. The minimum atomic E-state index is -1.01. The zero-order chi connectivity index (χ0) is 16.8. The number of carbonyl (C=O) groups is 2. The highest BCUT2D eigenvalue weighted by molar-refractivity contribution is 6.30. The van der Waals surface area contributed by atoms with Crippen molar-refractivity contribution >= 4 is 23.5 Å². The molecule has 6 heteroatoms. The highest BCUT2D eigenvalue weighted by atomic mass is 35.5. The van der Waals surface area contributed by atoms with Crippen LogP contribution in [0.25, 0.3) is 0 Å². The lowest BCUT2D eigenvalue weighted by atomic mass is 10.0. The van der Waals surface area contributed by atoms with E-state index in [4.69, 9.17) is 21.4 Å². The summed E-state index contributed by atoms with van der Waals surface area (Å²) in [6.45, 7) is 0. The van der Waals surface area contributed by atoms with Gasteiger partial charge in [-0.15, -0.1) is 0 Å². The van der Waals surface area contributed by atoms with Gasteiger partial charge in [0.25, 0.3) is 5.91 Å². The van der Waals surface area contributed by atoms with E-state index in [1.54, 1.807) is 48.5 Å². The first kappa shape index (κ1) is 16.8. The van der Waals surface area contributed by atoms with Crippen molar-refractivity contribution in [2.45, 2.75) is 12.5 Å². The summed E-state index contributed by atoms with van der Waals surface area (Å²) in [7, 11) is 1.54. The van der Waals surface area contributed by atoms with Gasteiger partial charge in [-0.05, 0) is 42.0 Å². The number of aliphatic carboxylic acids is 1. The van der Waals surface area contributed by atoms with E-state index in [2.05, 4.69) is 5.32 Å². The lowest BCUT2D eigenvalue weighted by Crippen LogP contribution is -2.30. The number of carbonyl (C=O) groups excluding carboxylic acids is 1. The molecule has 0 unspecified atom stereocenters. The lowest BCUT2D eigenvalue weighted by molar-refractivity contribution is -0.137. The van der Waals surface area contributed by atoms with Crippen LogP contribution < -0.4 is 10.1 Å². The number of carboxylic acid groups (broad SMARTS) is 1. The van der Waals surface area contributed by atoms with E-state index in [9.17, 15) is 9.59 Å². The van der Waals surface area contributed by atoms with Crippen molar-refractivity contribution < 1.29 is 19.4 Å². The van der Waals surface area contributed by atoms with Gasteiger partial charge >= 0.3 is 5.97 Å². The third kappa shape index (κ3) is 4.72. The lowest BCUT2D eigenvalue weighted by Gasteiger charge is -2.18. The molecule has 2 N–H and O–H groups in total. The molecule has 120 valence electrons. The van der Waals surface area contributed by atoms with Gasteiger partial charge in [0.15, 0.2) is 0 Å². The summed E-state index contributed by atoms with van der Waals surface area (Å²) < 4.78 is 5.04. The molecule has 0 aliphatic heterocycles. The summed E-state index contributed by atoms with van der Waals surface area (Å²) in [5, 5.41) is 12.3. The fourth-order valence-electron chi connectivity index (χ4n) is 2.13. The fraction of sp³-hybridized carbons (Fsp3) is 0.176. The Kier molecular flexibility index (Phi) is 5.60. The molecule has 0 heterocycles. The molecule has 2 aromatic rings. The highest BCUT2D eigenvalue weighted by Crippen LogP contribution is 2.21. The van der Waals surface area contributed by atoms with Gasteiger partial charge < -0.3 is 15.2 Å². The fourth-order valence-corrected chi connectivity index (χ4v) is 2.33. The second-order valence-corrected chi connectivity index (χ2v) is 5.34. The van der Waals surface area contributed by atoms with Gasteiger partial charge in [0.2, 0.25) is 0 Å². The molecule has 0 saturated carbocycles. The summed E-state index contributed by atoms with van der Waals surface area (Å²) in [4.78, 5) is 23.4. The van der Waals surface area contributed by atoms with Crippen LogP contribution in [0.15, 0.2) is 48.5 Å². The molecule has 1 amide bonds.